The number of carbonyl (C=O) groups excluding carboxylic acids is 1. The lowest BCUT2D eigenvalue weighted by Gasteiger charge is -2.37. The van der Waals surface area contributed by atoms with Crippen molar-refractivity contribution < 1.29 is 22.5 Å². The largest absolute Gasteiger partial charge is 0.617 e. The van der Waals surface area contributed by atoms with Gasteiger partial charge in [-0.1, -0.05) is 11.2 Å². The molecule has 1 aromatic carbocycles. The lowest BCUT2D eigenvalue weighted by atomic mass is 10.1. The number of hydrogen-bond donors (Lipinski definition) is 2. The number of piperazine rings is 1. The first-order valence-corrected chi connectivity index (χ1v) is 14.6. The Morgan fingerprint density at radius 1 is 1.20 bits per heavy atom. The van der Waals surface area contributed by atoms with Crippen molar-refractivity contribution in [2.75, 3.05) is 80.4 Å². The zero-order chi connectivity index (χ0) is 29.1. The van der Waals surface area contributed by atoms with E-state index in [1.165, 1.54) is 23.1 Å². The van der Waals surface area contributed by atoms with Crippen molar-refractivity contribution in [3.05, 3.63) is 47.7 Å². The summed E-state index contributed by atoms with van der Waals surface area (Å²) in [6, 6.07) is 5.46. The van der Waals surface area contributed by atoms with E-state index >= 15 is 0 Å². The fraction of sp³-hybridized carbons (Fsp3) is 0.400. The van der Waals surface area contributed by atoms with Crippen LogP contribution in [-0.4, -0.2) is 105 Å². The summed E-state index contributed by atoms with van der Waals surface area (Å²) in [7, 11) is 1.85. The Hall–Kier alpha value is -4.02. The second-order valence-electron chi connectivity index (χ2n) is 9.57. The third-order valence-corrected chi connectivity index (χ3v) is 7.50. The Labute approximate surface area is 237 Å². The molecule has 4 aromatic rings. The molecule has 4 heterocycles. The van der Waals surface area contributed by atoms with Crippen LogP contribution < -0.4 is 20.9 Å². The summed E-state index contributed by atoms with van der Waals surface area (Å²) in [6.45, 7) is 3.66. The van der Waals surface area contributed by atoms with Gasteiger partial charge in [0.25, 0.3) is 11.7 Å². The molecule has 16 heteroatoms. The van der Waals surface area contributed by atoms with Crippen LogP contribution in [0.4, 0.5) is 26.4 Å². The quantitative estimate of drug-likeness (QED) is 0.255. The third-order valence-electron chi connectivity index (χ3n) is 6.73. The summed E-state index contributed by atoms with van der Waals surface area (Å²) in [5.74, 6) is -0.387. The maximum absolute atomic E-state index is 14.7. The van der Waals surface area contributed by atoms with E-state index in [9.17, 15) is 18.1 Å². The number of halogens is 2. The van der Waals surface area contributed by atoms with Crippen LogP contribution in [0.1, 0.15) is 10.4 Å². The van der Waals surface area contributed by atoms with Gasteiger partial charge in [0.15, 0.2) is 5.76 Å². The number of nitrogen functional groups attached to an aromatic ring is 1. The molecule has 1 aliphatic heterocycles. The summed E-state index contributed by atoms with van der Waals surface area (Å²) < 4.78 is 47.0. The van der Waals surface area contributed by atoms with E-state index in [0.717, 1.165) is 6.07 Å². The van der Waals surface area contributed by atoms with E-state index in [1.807, 2.05) is 11.9 Å². The third kappa shape index (κ3) is 6.49. The Morgan fingerprint density at radius 3 is 2.68 bits per heavy atom. The Balaban J connectivity index is 1.17. The average molecular weight is 589 g/mol. The number of carbonyl (C=O) groups is 1. The van der Waals surface area contributed by atoms with E-state index in [2.05, 4.69) is 30.3 Å². The second-order valence-corrected chi connectivity index (χ2v) is 11.1. The van der Waals surface area contributed by atoms with Gasteiger partial charge in [-0.15, -0.1) is 5.10 Å². The molecule has 0 radical (unpaired) electrons. The minimum atomic E-state index is -1.09. The molecular weight excluding hydrogens is 558 g/mol. The summed E-state index contributed by atoms with van der Waals surface area (Å²) in [5, 5.41) is 6.83. The highest BCUT2D eigenvalue weighted by Crippen LogP contribution is 2.25. The van der Waals surface area contributed by atoms with Crippen LogP contribution in [-0.2, 0) is 11.2 Å². The van der Waals surface area contributed by atoms with Crippen LogP contribution in [0.5, 0.6) is 0 Å². The van der Waals surface area contributed by atoms with Crippen LogP contribution in [0.15, 0.2) is 34.9 Å². The van der Waals surface area contributed by atoms with Gasteiger partial charge in [0.05, 0.1) is 30.3 Å². The molecule has 1 aliphatic rings. The summed E-state index contributed by atoms with van der Waals surface area (Å²) >= 11 is -1.09. The first-order chi connectivity index (χ1) is 19.7. The number of fused-ring (bicyclic) bond motifs is 1. The highest BCUT2D eigenvalue weighted by atomic mass is 32.2. The van der Waals surface area contributed by atoms with E-state index in [1.54, 1.807) is 17.0 Å². The molecule has 1 fully saturated rings. The highest BCUT2D eigenvalue weighted by molar-refractivity contribution is 7.90. The second kappa shape index (κ2) is 12.2. The zero-order valence-corrected chi connectivity index (χ0v) is 23.4. The molecule has 1 amide bonds. The number of rotatable bonds is 10. The lowest BCUT2D eigenvalue weighted by Crippen LogP contribution is -2.48. The molecule has 41 heavy (non-hydrogen) atoms. The van der Waals surface area contributed by atoms with E-state index < -0.39 is 28.7 Å². The fourth-order valence-electron chi connectivity index (χ4n) is 4.44. The maximum Gasteiger partial charge on any atom is 0.259 e. The van der Waals surface area contributed by atoms with E-state index in [0.29, 0.717) is 62.6 Å². The van der Waals surface area contributed by atoms with Gasteiger partial charge < -0.3 is 29.8 Å². The van der Waals surface area contributed by atoms with Crippen LogP contribution in [0, 0.1) is 11.6 Å². The van der Waals surface area contributed by atoms with E-state index in [-0.39, 0.29) is 29.5 Å². The Bertz CT molecular complexity index is 1510. The first-order valence-electron chi connectivity index (χ1n) is 12.9. The molecule has 218 valence electrons. The van der Waals surface area contributed by atoms with Crippen molar-refractivity contribution in [1.82, 2.24) is 34.8 Å². The summed E-state index contributed by atoms with van der Waals surface area (Å²) in [5.41, 5.74) is 6.03. The Kier molecular flexibility index (Phi) is 8.51. The molecule has 1 saturated heterocycles. The maximum atomic E-state index is 14.7. The van der Waals surface area contributed by atoms with Crippen molar-refractivity contribution in [3.63, 3.8) is 0 Å². The molecule has 1 atom stereocenters. The number of amides is 1. The Morgan fingerprint density at radius 2 is 1.98 bits per heavy atom. The molecule has 0 bridgehead atoms. The molecule has 13 nitrogen and oxygen atoms in total. The van der Waals surface area contributed by atoms with Crippen molar-refractivity contribution in [2.24, 2.45) is 0 Å². The van der Waals surface area contributed by atoms with E-state index in [4.69, 9.17) is 10.2 Å². The first kappa shape index (κ1) is 28.5. The van der Waals surface area contributed by atoms with Crippen molar-refractivity contribution in [3.8, 4) is 11.6 Å². The fourth-order valence-corrected chi connectivity index (χ4v) is 4.83. The number of likely N-dealkylation sites (N-methyl/N-ethyl adjacent to an activating group) is 1. The van der Waals surface area contributed by atoms with Crippen LogP contribution >= 0.6 is 0 Å². The van der Waals surface area contributed by atoms with Gasteiger partial charge in [-0.05, 0) is 18.2 Å². The van der Waals surface area contributed by atoms with Crippen LogP contribution in [0.2, 0.25) is 0 Å². The average Bonchev–Trinajstić information content (AvgIpc) is 3.62. The molecule has 5 rings (SSSR count). The van der Waals surface area contributed by atoms with Crippen LogP contribution in [0.25, 0.3) is 17.4 Å². The van der Waals surface area contributed by atoms with Gasteiger partial charge in [-0.3, -0.25) is 9.69 Å². The van der Waals surface area contributed by atoms with Crippen molar-refractivity contribution >= 4 is 40.4 Å². The minimum absolute atomic E-state index is 0.137. The van der Waals surface area contributed by atoms with Crippen molar-refractivity contribution in [2.45, 2.75) is 0 Å². The van der Waals surface area contributed by atoms with Crippen LogP contribution in [0.3, 0.4) is 0 Å². The zero-order valence-electron chi connectivity index (χ0n) is 22.6. The summed E-state index contributed by atoms with van der Waals surface area (Å²) in [4.78, 5) is 31.5. The number of aromatic nitrogens is 5. The predicted molar refractivity (Wildman–Crippen MR) is 150 cm³/mol. The number of nitrogens with one attached hydrogen (secondary N) is 1. The molecule has 3 aromatic heterocycles. The number of hydrogen-bond acceptors (Lipinski definition) is 11. The monoisotopic (exact) mass is 588 g/mol. The smallest absolute Gasteiger partial charge is 0.259 e. The topological polar surface area (TPSA) is 157 Å². The van der Waals surface area contributed by atoms with Crippen molar-refractivity contribution in [1.29, 1.82) is 0 Å². The highest BCUT2D eigenvalue weighted by Gasteiger charge is 2.24. The standard InChI is InChI=1S/C25H30F2N10O3S/c1-34(24-31-23(28)37-25(32-24)30-21(33-37)20-4-3-12-40-20)6-7-35-8-10-36(11-9-35)19-14-16(17(26)15-18(19)27)22(38)29-5-13-41(2)39/h3-4,12,14-15H,5-11,13H2,1-2H3,(H,29,38)(H2,28,30,31,32,33)/t41-/m1/s1. The number of nitrogens with two attached hydrogens (primary N) is 1. The molecule has 0 unspecified atom stereocenters. The van der Waals surface area contributed by atoms with Gasteiger partial charge in [0, 0.05) is 52.4 Å². The molecule has 0 aliphatic carbocycles. The SMILES string of the molecule is CN(CCN1CCN(c2cc(C(=O)NCC[S@@+](C)[O-])c(F)cc2F)CC1)c1nc(N)n2nc(-c3ccco3)nc2n1. The van der Waals surface area contributed by atoms with Gasteiger partial charge in [-0.2, -0.15) is 19.5 Å². The number of furan rings is 1. The number of nitrogens with zero attached hydrogens (tertiary/aromatic N) is 8. The molecule has 0 saturated carbocycles. The molecular formula is C25H30F2N10O3S. The molecule has 3 N–H and O–H groups in total. The predicted octanol–water partition coefficient (Wildman–Crippen LogP) is 1.01. The summed E-state index contributed by atoms with van der Waals surface area (Å²) in [6.07, 6.45) is 3.04. The lowest BCUT2D eigenvalue weighted by molar-refractivity contribution is 0.0952. The van der Waals surface area contributed by atoms with Gasteiger partial charge in [-0.25, -0.2) is 8.78 Å². The molecule has 0 spiro atoms. The van der Waals surface area contributed by atoms with Gasteiger partial charge in [0.1, 0.15) is 17.4 Å². The number of anilines is 3. The number of benzene rings is 1. The normalized spacial score (nSPS) is 14.9. The van der Waals surface area contributed by atoms with Gasteiger partial charge >= 0.3 is 0 Å². The minimum Gasteiger partial charge on any atom is -0.617 e. The van der Waals surface area contributed by atoms with Gasteiger partial charge in [0.2, 0.25) is 17.7 Å².